The van der Waals surface area contributed by atoms with Gasteiger partial charge in [-0.2, -0.15) is 0 Å². The van der Waals surface area contributed by atoms with E-state index in [0.717, 1.165) is 6.42 Å². The highest BCUT2D eigenvalue weighted by atomic mass is 16.6. The summed E-state index contributed by atoms with van der Waals surface area (Å²) in [5.41, 5.74) is 0. The second kappa shape index (κ2) is 3.72. The molecule has 1 saturated heterocycles. The van der Waals surface area contributed by atoms with Gasteiger partial charge in [0.1, 0.15) is 6.10 Å². The van der Waals surface area contributed by atoms with Crippen molar-refractivity contribution in [1.82, 2.24) is 0 Å². The van der Waals surface area contributed by atoms with Crippen molar-refractivity contribution in [3.63, 3.8) is 0 Å². The molecular weight excluding hydrogens is 144 g/mol. The number of carbonyl (C=O) groups excluding carboxylic acids is 1. The van der Waals surface area contributed by atoms with Crippen LogP contribution in [-0.4, -0.2) is 25.3 Å². The normalized spacial score (nSPS) is 31.5. The zero-order chi connectivity index (χ0) is 8.27. The summed E-state index contributed by atoms with van der Waals surface area (Å²) in [6.45, 7) is 4.90. The van der Waals surface area contributed by atoms with Gasteiger partial charge >= 0.3 is 5.97 Å². The number of ether oxygens (including phenoxy) is 2. The smallest absolute Gasteiger partial charge is 0.302 e. The molecule has 0 aromatic heterocycles. The molecule has 0 saturated carbocycles. The molecule has 0 amide bonds. The van der Waals surface area contributed by atoms with E-state index in [2.05, 4.69) is 0 Å². The van der Waals surface area contributed by atoms with Crippen LogP contribution in [0.2, 0.25) is 0 Å². The van der Waals surface area contributed by atoms with Gasteiger partial charge in [0.05, 0.1) is 13.2 Å². The first-order chi connectivity index (χ1) is 5.20. The van der Waals surface area contributed by atoms with Crippen molar-refractivity contribution in [3.05, 3.63) is 0 Å². The van der Waals surface area contributed by atoms with Crippen LogP contribution in [0.15, 0.2) is 0 Å². The lowest BCUT2D eigenvalue weighted by molar-refractivity contribution is -0.154. The number of hydrogen-bond donors (Lipinski definition) is 0. The minimum atomic E-state index is -0.191. The minimum Gasteiger partial charge on any atom is -0.462 e. The first-order valence-corrected chi connectivity index (χ1v) is 3.95. The third kappa shape index (κ3) is 2.50. The van der Waals surface area contributed by atoms with Gasteiger partial charge in [-0.3, -0.25) is 4.79 Å². The summed E-state index contributed by atoms with van der Waals surface area (Å²) in [6.07, 6.45) is 0.905. The Balaban J connectivity index is 2.35. The lowest BCUT2D eigenvalue weighted by Crippen LogP contribution is -2.33. The zero-order valence-corrected chi connectivity index (χ0v) is 7.00. The fourth-order valence-corrected chi connectivity index (χ4v) is 1.25. The van der Waals surface area contributed by atoms with E-state index in [9.17, 15) is 4.79 Å². The summed E-state index contributed by atoms with van der Waals surface area (Å²) in [5.74, 6) is 0.149. The highest BCUT2D eigenvalue weighted by molar-refractivity contribution is 5.66. The molecule has 2 atom stereocenters. The second-order valence-electron chi connectivity index (χ2n) is 2.99. The molecule has 0 spiro atoms. The maximum atomic E-state index is 10.6. The third-order valence-corrected chi connectivity index (χ3v) is 1.88. The molecule has 3 nitrogen and oxygen atoms in total. The first kappa shape index (κ1) is 8.53. The van der Waals surface area contributed by atoms with Crippen LogP contribution in [-0.2, 0) is 14.3 Å². The van der Waals surface area contributed by atoms with E-state index in [1.807, 2.05) is 6.92 Å². The predicted octanol–water partition coefficient (Wildman–Crippen LogP) is 0.974. The van der Waals surface area contributed by atoms with Gasteiger partial charge in [0, 0.05) is 19.3 Å². The lowest BCUT2D eigenvalue weighted by Gasteiger charge is -2.27. The van der Waals surface area contributed by atoms with Crippen molar-refractivity contribution in [2.75, 3.05) is 13.2 Å². The molecule has 0 aromatic carbocycles. The Hall–Kier alpha value is -0.570. The van der Waals surface area contributed by atoms with Crippen LogP contribution in [0.4, 0.5) is 0 Å². The van der Waals surface area contributed by atoms with E-state index >= 15 is 0 Å². The van der Waals surface area contributed by atoms with E-state index in [4.69, 9.17) is 9.47 Å². The molecule has 1 aliphatic heterocycles. The van der Waals surface area contributed by atoms with Crippen LogP contribution < -0.4 is 0 Å². The quantitative estimate of drug-likeness (QED) is 0.533. The Kier molecular flexibility index (Phi) is 2.88. The van der Waals surface area contributed by atoms with E-state index in [-0.39, 0.29) is 12.1 Å². The fraction of sp³-hybridized carbons (Fsp3) is 0.875. The number of carbonyl (C=O) groups is 1. The van der Waals surface area contributed by atoms with Crippen molar-refractivity contribution >= 4 is 5.97 Å². The average molecular weight is 158 g/mol. The van der Waals surface area contributed by atoms with E-state index < -0.39 is 0 Å². The molecule has 1 aliphatic rings. The maximum Gasteiger partial charge on any atom is 0.302 e. The summed E-state index contributed by atoms with van der Waals surface area (Å²) in [4.78, 5) is 10.6. The number of esters is 1. The van der Waals surface area contributed by atoms with Gasteiger partial charge in [-0.05, 0) is 0 Å². The molecule has 1 fully saturated rings. The van der Waals surface area contributed by atoms with Gasteiger partial charge in [-0.15, -0.1) is 0 Å². The second-order valence-corrected chi connectivity index (χ2v) is 2.99. The first-order valence-electron chi connectivity index (χ1n) is 3.95. The van der Waals surface area contributed by atoms with Crippen molar-refractivity contribution in [2.45, 2.75) is 26.4 Å². The van der Waals surface area contributed by atoms with Crippen molar-refractivity contribution in [2.24, 2.45) is 5.92 Å². The molecule has 0 aliphatic carbocycles. The predicted molar refractivity (Wildman–Crippen MR) is 40.2 cm³/mol. The summed E-state index contributed by atoms with van der Waals surface area (Å²) in [6, 6.07) is 0. The molecule has 3 heteroatoms. The van der Waals surface area contributed by atoms with Gasteiger partial charge in [0.25, 0.3) is 0 Å². The van der Waals surface area contributed by atoms with E-state index in [1.54, 1.807) is 0 Å². The molecule has 0 radical (unpaired) electrons. The highest BCUT2D eigenvalue weighted by Gasteiger charge is 2.23. The average Bonchev–Trinajstić information content (AvgIpc) is 1.93. The Bertz CT molecular complexity index is 144. The molecular formula is C8H14O3. The van der Waals surface area contributed by atoms with Crippen LogP contribution in [0, 0.1) is 5.92 Å². The Morgan fingerprint density at radius 1 is 1.64 bits per heavy atom. The molecule has 0 aromatic rings. The van der Waals surface area contributed by atoms with Gasteiger partial charge < -0.3 is 9.47 Å². The van der Waals surface area contributed by atoms with Crippen LogP contribution >= 0.6 is 0 Å². The van der Waals surface area contributed by atoms with E-state index in [1.165, 1.54) is 6.92 Å². The van der Waals surface area contributed by atoms with Crippen LogP contribution in [0.5, 0.6) is 0 Å². The van der Waals surface area contributed by atoms with Crippen LogP contribution in [0.25, 0.3) is 0 Å². The fourth-order valence-electron chi connectivity index (χ4n) is 1.25. The standard InChI is InChI=1S/C8H14O3/c1-6-5-10-4-3-8(6)11-7(2)9/h6,8H,3-5H2,1-2H3/t6-,8-/m0/s1. The summed E-state index contributed by atoms with van der Waals surface area (Å²) < 4.78 is 10.3. The molecule has 0 bridgehead atoms. The van der Waals surface area contributed by atoms with Crippen LogP contribution in [0.3, 0.4) is 0 Å². The van der Waals surface area contributed by atoms with Gasteiger partial charge in [-0.25, -0.2) is 0 Å². The van der Waals surface area contributed by atoms with Gasteiger partial charge in [0.2, 0.25) is 0 Å². The van der Waals surface area contributed by atoms with Gasteiger partial charge in [0.15, 0.2) is 0 Å². The molecule has 1 heterocycles. The van der Waals surface area contributed by atoms with Crippen molar-refractivity contribution < 1.29 is 14.3 Å². The molecule has 1 rings (SSSR count). The van der Waals surface area contributed by atoms with Crippen molar-refractivity contribution in [3.8, 4) is 0 Å². The Labute approximate surface area is 66.7 Å². The number of hydrogen-bond acceptors (Lipinski definition) is 3. The zero-order valence-electron chi connectivity index (χ0n) is 7.00. The Morgan fingerprint density at radius 3 is 2.91 bits per heavy atom. The third-order valence-electron chi connectivity index (χ3n) is 1.88. The lowest BCUT2D eigenvalue weighted by atomic mass is 10.0. The summed E-state index contributed by atoms with van der Waals surface area (Å²) in [7, 11) is 0. The summed E-state index contributed by atoms with van der Waals surface area (Å²) >= 11 is 0. The van der Waals surface area contributed by atoms with Gasteiger partial charge in [-0.1, -0.05) is 6.92 Å². The SMILES string of the molecule is CC(=O)O[C@H]1CCOC[C@@H]1C. The topological polar surface area (TPSA) is 35.5 Å². The highest BCUT2D eigenvalue weighted by Crippen LogP contribution is 2.17. The van der Waals surface area contributed by atoms with Crippen molar-refractivity contribution in [1.29, 1.82) is 0 Å². The number of rotatable bonds is 1. The van der Waals surface area contributed by atoms with Crippen LogP contribution in [0.1, 0.15) is 20.3 Å². The minimum absolute atomic E-state index is 0.0706. The van der Waals surface area contributed by atoms with E-state index in [0.29, 0.717) is 19.1 Å². The monoisotopic (exact) mass is 158 g/mol. The molecule has 0 unspecified atom stereocenters. The molecule has 0 N–H and O–H groups in total. The molecule has 11 heavy (non-hydrogen) atoms. The Morgan fingerprint density at radius 2 is 2.36 bits per heavy atom. The maximum absolute atomic E-state index is 10.6. The molecule has 64 valence electrons. The largest absolute Gasteiger partial charge is 0.462 e. The summed E-state index contributed by atoms with van der Waals surface area (Å²) in [5, 5.41) is 0.